The van der Waals surface area contributed by atoms with Crippen molar-refractivity contribution in [3.8, 4) is 5.75 Å². The molecule has 3 nitrogen and oxygen atoms in total. The lowest BCUT2D eigenvalue weighted by Crippen LogP contribution is -2.00. The van der Waals surface area contributed by atoms with Crippen molar-refractivity contribution in [1.82, 2.24) is 0 Å². The van der Waals surface area contributed by atoms with E-state index in [9.17, 15) is 0 Å². The van der Waals surface area contributed by atoms with Crippen LogP contribution >= 0.6 is 0 Å². The Morgan fingerprint density at radius 3 is 2.36 bits per heavy atom. The normalized spacial score (nSPS) is 11.3. The van der Waals surface area contributed by atoms with E-state index in [2.05, 4.69) is 36.5 Å². The van der Waals surface area contributed by atoms with Crippen molar-refractivity contribution in [3.63, 3.8) is 0 Å². The Bertz CT molecular complexity index is 600. The summed E-state index contributed by atoms with van der Waals surface area (Å²) in [5, 5.41) is 4.43. The molecule has 2 aromatic rings. The second-order valence-electron chi connectivity index (χ2n) is 5.40. The van der Waals surface area contributed by atoms with Crippen LogP contribution < -0.4 is 10.2 Å². The number of hydrogen-bond donors (Lipinski definition) is 1. The summed E-state index contributed by atoms with van der Waals surface area (Å²) in [5.41, 5.74) is 7.34. The summed E-state index contributed by atoms with van der Waals surface area (Å²) in [6, 6.07) is 16.2. The highest BCUT2D eigenvalue weighted by Gasteiger charge is 1.99. The molecule has 0 atom stereocenters. The molecule has 0 aromatic heterocycles. The van der Waals surface area contributed by atoms with E-state index in [1.807, 2.05) is 43.3 Å². The molecular weight excluding hydrogens is 272 g/mol. The third kappa shape index (κ3) is 4.92. The predicted molar refractivity (Wildman–Crippen MR) is 93.9 cm³/mol. The quantitative estimate of drug-likeness (QED) is 0.442. The second-order valence-corrected chi connectivity index (χ2v) is 5.40. The van der Waals surface area contributed by atoms with E-state index < -0.39 is 0 Å². The van der Waals surface area contributed by atoms with Gasteiger partial charge in [-0.05, 0) is 62.2 Å². The Morgan fingerprint density at radius 1 is 1.05 bits per heavy atom. The van der Waals surface area contributed by atoms with Gasteiger partial charge in [0.15, 0.2) is 0 Å². The highest BCUT2D eigenvalue weighted by molar-refractivity contribution is 5.99. The highest BCUT2D eigenvalue weighted by atomic mass is 16.5. The van der Waals surface area contributed by atoms with Gasteiger partial charge in [-0.1, -0.05) is 31.0 Å². The molecule has 0 saturated heterocycles. The summed E-state index contributed by atoms with van der Waals surface area (Å²) in [7, 11) is 0. The lowest BCUT2D eigenvalue weighted by atomic mass is 10.1. The van der Waals surface area contributed by atoms with Crippen LogP contribution in [0.2, 0.25) is 0 Å². The third-order valence-electron chi connectivity index (χ3n) is 3.44. The van der Waals surface area contributed by atoms with Crippen LogP contribution in [0.15, 0.2) is 53.6 Å². The summed E-state index contributed by atoms with van der Waals surface area (Å²) in [6.45, 7) is 7.00. The molecule has 22 heavy (non-hydrogen) atoms. The minimum atomic E-state index is 0.776. The van der Waals surface area contributed by atoms with Crippen LogP contribution in [0.25, 0.3) is 0 Å². The van der Waals surface area contributed by atoms with Gasteiger partial charge in [0.05, 0.1) is 18.0 Å². The first-order valence-electron chi connectivity index (χ1n) is 7.79. The topological polar surface area (TPSA) is 33.6 Å². The fourth-order valence-electron chi connectivity index (χ4n) is 1.97. The SMILES string of the molecule is CCCCOc1ccc(/C(C)=N\Nc2ccc(C)cc2)cc1. The van der Waals surface area contributed by atoms with Crippen LogP contribution in [0.4, 0.5) is 5.69 Å². The number of unbranched alkanes of at least 4 members (excludes halogenated alkanes) is 1. The number of ether oxygens (including phenoxy) is 1. The third-order valence-corrected chi connectivity index (χ3v) is 3.44. The molecule has 0 aliphatic carbocycles. The van der Waals surface area contributed by atoms with E-state index in [-0.39, 0.29) is 0 Å². The number of hydrazone groups is 1. The first-order chi connectivity index (χ1) is 10.7. The molecule has 2 aromatic carbocycles. The lowest BCUT2D eigenvalue weighted by molar-refractivity contribution is 0.309. The standard InChI is InChI=1S/C19H24N2O/c1-4-5-14-22-19-12-8-17(9-13-19)16(3)20-21-18-10-6-15(2)7-11-18/h6-13,21H,4-5,14H2,1-3H3/b20-16-. The van der Waals surface area contributed by atoms with Crippen molar-refractivity contribution in [2.45, 2.75) is 33.6 Å². The van der Waals surface area contributed by atoms with Gasteiger partial charge in [-0.15, -0.1) is 0 Å². The first-order valence-corrected chi connectivity index (χ1v) is 7.79. The Balaban J connectivity index is 1.95. The molecule has 0 aliphatic heterocycles. The molecule has 0 unspecified atom stereocenters. The number of nitrogens with one attached hydrogen (secondary N) is 1. The monoisotopic (exact) mass is 296 g/mol. The van der Waals surface area contributed by atoms with Crippen molar-refractivity contribution in [3.05, 3.63) is 59.7 Å². The minimum absolute atomic E-state index is 0.776. The zero-order valence-corrected chi connectivity index (χ0v) is 13.6. The van der Waals surface area contributed by atoms with E-state index in [4.69, 9.17) is 4.74 Å². The van der Waals surface area contributed by atoms with Crippen molar-refractivity contribution in [2.24, 2.45) is 5.10 Å². The van der Waals surface area contributed by atoms with Gasteiger partial charge >= 0.3 is 0 Å². The van der Waals surface area contributed by atoms with Gasteiger partial charge < -0.3 is 4.74 Å². The van der Waals surface area contributed by atoms with Crippen LogP contribution in [0, 0.1) is 6.92 Å². The zero-order valence-electron chi connectivity index (χ0n) is 13.6. The van der Waals surface area contributed by atoms with Gasteiger partial charge in [0, 0.05) is 0 Å². The van der Waals surface area contributed by atoms with Crippen molar-refractivity contribution < 1.29 is 4.74 Å². The van der Waals surface area contributed by atoms with Crippen LogP contribution in [-0.4, -0.2) is 12.3 Å². The molecule has 0 spiro atoms. The van der Waals surface area contributed by atoms with Crippen molar-refractivity contribution in [2.75, 3.05) is 12.0 Å². The van der Waals surface area contributed by atoms with Gasteiger partial charge in [-0.3, -0.25) is 5.43 Å². The number of anilines is 1. The molecule has 0 fully saturated rings. The molecule has 0 bridgehead atoms. The number of hydrogen-bond acceptors (Lipinski definition) is 3. The Kier molecular flexibility index (Phi) is 6.01. The Labute approximate surface area is 133 Å². The maximum Gasteiger partial charge on any atom is 0.119 e. The molecule has 0 aliphatic rings. The van der Waals surface area contributed by atoms with Gasteiger partial charge in [-0.2, -0.15) is 5.10 Å². The molecule has 0 heterocycles. The maximum atomic E-state index is 5.67. The molecule has 1 N–H and O–H groups in total. The molecule has 0 amide bonds. The highest BCUT2D eigenvalue weighted by Crippen LogP contribution is 2.14. The van der Waals surface area contributed by atoms with E-state index in [1.54, 1.807) is 0 Å². The van der Waals surface area contributed by atoms with E-state index in [1.165, 1.54) is 5.56 Å². The van der Waals surface area contributed by atoms with Crippen molar-refractivity contribution in [1.29, 1.82) is 0 Å². The average molecular weight is 296 g/mol. The maximum absolute atomic E-state index is 5.67. The van der Waals surface area contributed by atoms with Crippen LogP contribution in [0.1, 0.15) is 37.8 Å². The average Bonchev–Trinajstić information content (AvgIpc) is 2.55. The van der Waals surface area contributed by atoms with Crippen molar-refractivity contribution >= 4 is 11.4 Å². The summed E-state index contributed by atoms with van der Waals surface area (Å²) >= 11 is 0. The molecular formula is C19H24N2O. The van der Waals surface area contributed by atoms with E-state index in [0.717, 1.165) is 42.2 Å². The summed E-state index contributed by atoms with van der Waals surface area (Å²) in [5.74, 6) is 0.913. The molecule has 116 valence electrons. The van der Waals surface area contributed by atoms with Gasteiger partial charge in [-0.25, -0.2) is 0 Å². The first kappa shape index (κ1) is 16.1. The van der Waals surface area contributed by atoms with Crippen LogP contribution in [0.5, 0.6) is 5.75 Å². The Morgan fingerprint density at radius 2 is 1.73 bits per heavy atom. The number of nitrogens with zero attached hydrogens (tertiary/aromatic N) is 1. The van der Waals surface area contributed by atoms with Gasteiger partial charge in [0.1, 0.15) is 5.75 Å². The number of aryl methyl sites for hydroxylation is 1. The van der Waals surface area contributed by atoms with Crippen LogP contribution in [0.3, 0.4) is 0 Å². The number of benzene rings is 2. The van der Waals surface area contributed by atoms with E-state index >= 15 is 0 Å². The summed E-state index contributed by atoms with van der Waals surface area (Å²) in [6.07, 6.45) is 2.23. The molecule has 0 saturated carbocycles. The molecule has 2 rings (SSSR count). The Hall–Kier alpha value is -2.29. The largest absolute Gasteiger partial charge is 0.494 e. The summed E-state index contributed by atoms with van der Waals surface area (Å²) < 4.78 is 5.67. The van der Waals surface area contributed by atoms with Crippen LogP contribution in [-0.2, 0) is 0 Å². The second kappa shape index (κ2) is 8.23. The van der Waals surface area contributed by atoms with Gasteiger partial charge in [0.2, 0.25) is 0 Å². The zero-order chi connectivity index (χ0) is 15.8. The summed E-state index contributed by atoms with van der Waals surface area (Å²) in [4.78, 5) is 0. The van der Waals surface area contributed by atoms with Gasteiger partial charge in [0.25, 0.3) is 0 Å². The fourth-order valence-corrected chi connectivity index (χ4v) is 1.97. The van der Waals surface area contributed by atoms with E-state index in [0.29, 0.717) is 0 Å². The molecule has 0 radical (unpaired) electrons. The number of rotatable bonds is 7. The lowest BCUT2D eigenvalue weighted by Gasteiger charge is -2.07. The molecule has 3 heteroatoms. The smallest absolute Gasteiger partial charge is 0.119 e. The fraction of sp³-hybridized carbons (Fsp3) is 0.316. The predicted octanol–water partition coefficient (Wildman–Crippen LogP) is 5.01. The minimum Gasteiger partial charge on any atom is -0.494 e.